The number of urea groups is 2. The Morgan fingerprint density at radius 2 is 1.59 bits per heavy atom. The van der Waals surface area contributed by atoms with E-state index in [4.69, 9.17) is 9.84 Å². The summed E-state index contributed by atoms with van der Waals surface area (Å²) < 4.78 is 5.45. The van der Waals surface area contributed by atoms with Crippen molar-refractivity contribution in [3.8, 4) is 5.75 Å². The summed E-state index contributed by atoms with van der Waals surface area (Å²) in [4.78, 5) is 50.4. The van der Waals surface area contributed by atoms with Crippen LogP contribution in [0.1, 0.15) is 23.1 Å². The van der Waals surface area contributed by atoms with Gasteiger partial charge in [-0.2, -0.15) is 0 Å². The van der Waals surface area contributed by atoms with Crippen LogP contribution in [0.25, 0.3) is 0 Å². The Bertz CT molecular complexity index is 1430. The van der Waals surface area contributed by atoms with Gasteiger partial charge in [-0.15, -0.1) is 0 Å². The summed E-state index contributed by atoms with van der Waals surface area (Å²) in [6.07, 6.45) is 0.685. The second-order valence-electron chi connectivity index (χ2n) is 9.80. The zero-order valence-electron chi connectivity index (χ0n) is 22.9. The second kappa shape index (κ2) is 13.3. The smallest absolute Gasteiger partial charge is 0.323 e. The van der Waals surface area contributed by atoms with Crippen molar-refractivity contribution in [3.05, 3.63) is 83.4 Å². The minimum Gasteiger partial charge on any atom is -0.495 e. The van der Waals surface area contributed by atoms with Gasteiger partial charge in [0.2, 0.25) is 5.91 Å². The van der Waals surface area contributed by atoms with E-state index < -0.39 is 18.0 Å². The van der Waals surface area contributed by atoms with Crippen molar-refractivity contribution >= 4 is 41.0 Å². The molecule has 0 spiro atoms. The van der Waals surface area contributed by atoms with Gasteiger partial charge in [0.05, 0.1) is 25.6 Å². The molecule has 1 aliphatic heterocycles. The number of ether oxygens (including phenoxy) is 1. The minimum absolute atomic E-state index is 0.0798. The van der Waals surface area contributed by atoms with Crippen LogP contribution in [-0.2, 0) is 22.4 Å². The summed E-state index contributed by atoms with van der Waals surface area (Å²) in [6.45, 7) is 2.81. The minimum atomic E-state index is -0.921. The van der Waals surface area contributed by atoms with Crippen LogP contribution >= 0.6 is 0 Å². The van der Waals surface area contributed by atoms with Crippen molar-refractivity contribution in [2.45, 2.75) is 32.2 Å². The summed E-state index contributed by atoms with van der Waals surface area (Å²) in [5, 5.41) is 20.1. The molecule has 0 radical (unpaired) electrons. The Morgan fingerprint density at radius 3 is 2.29 bits per heavy atom. The fraction of sp³-hybridized carbons (Fsp3) is 0.267. The van der Waals surface area contributed by atoms with Gasteiger partial charge < -0.3 is 36.0 Å². The number of aliphatic carboxylic acids is 1. The van der Waals surface area contributed by atoms with Crippen LogP contribution in [0.5, 0.6) is 5.75 Å². The number of carbonyl (C=O) groups excluding carboxylic acids is 3. The molecule has 11 nitrogen and oxygen atoms in total. The van der Waals surface area contributed by atoms with E-state index in [9.17, 15) is 19.2 Å². The molecule has 1 saturated heterocycles. The van der Waals surface area contributed by atoms with Crippen LogP contribution in [0.4, 0.5) is 26.7 Å². The van der Waals surface area contributed by atoms with Crippen molar-refractivity contribution in [2.24, 2.45) is 0 Å². The van der Waals surface area contributed by atoms with E-state index in [1.54, 1.807) is 47.4 Å². The van der Waals surface area contributed by atoms with Gasteiger partial charge in [-0.25, -0.2) is 9.59 Å². The highest BCUT2D eigenvalue weighted by Gasteiger charge is 2.27. The van der Waals surface area contributed by atoms with Crippen molar-refractivity contribution in [1.82, 2.24) is 10.2 Å². The van der Waals surface area contributed by atoms with E-state index in [-0.39, 0.29) is 24.8 Å². The number of anilines is 3. The van der Waals surface area contributed by atoms with Crippen molar-refractivity contribution in [2.75, 3.05) is 36.1 Å². The first-order chi connectivity index (χ1) is 19.7. The highest BCUT2D eigenvalue weighted by molar-refractivity contribution is 6.01. The van der Waals surface area contributed by atoms with Gasteiger partial charge in [-0.3, -0.25) is 9.59 Å². The van der Waals surface area contributed by atoms with Gasteiger partial charge >= 0.3 is 18.0 Å². The summed E-state index contributed by atoms with van der Waals surface area (Å²) in [7, 11) is 1.50. The molecule has 0 saturated carbocycles. The largest absolute Gasteiger partial charge is 0.495 e. The first-order valence-electron chi connectivity index (χ1n) is 13.2. The number of hydrogen-bond donors (Lipinski definition) is 5. The molecule has 3 aromatic carbocycles. The third-order valence-electron chi connectivity index (χ3n) is 6.71. The van der Waals surface area contributed by atoms with E-state index in [2.05, 4.69) is 21.3 Å². The van der Waals surface area contributed by atoms with Crippen molar-refractivity contribution in [1.29, 1.82) is 0 Å². The van der Waals surface area contributed by atoms with Gasteiger partial charge in [0, 0.05) is 30.5 Å². The van der Waals surface area contributed by atoms with Gasteiger partial charge in [-0.05, 0) is 60.4 Å². The van der Waals surface area contributed by atoms with Crippen LogP contribution < -0.4 is 26.0 Å². The first-order valence-corrected chi connectivity index (χ1v) is 13.2. The molecule has 3 aromatic rings. The fourth-order valence-electron chi connectivity index (χ4n) is 4.56. The van der Waals surface area contributed by atoms with Crippen molar-refractivity contribution < 1.29 is 29.0 Å². The number of para-hydroxylation sites is 1. The number of carboxylic acid groups (broad SMARTS) is 1. The molecule has 1 atom stereocenters. The number of carbonyl (C=O) groups is 4. The lowest BCUT2D eigenvalue weighted by molar-refractivity contribution is -0.136. The molecule has 41 heavy (non-hydrogen) atoms. The van der Waals surface area contributed by atoms with E-state index in [0.717, 1.165) is 11.1 Å². The number of likely N-dealkylation sites (tertiary alicyclic amines) is 1. The first kappa shape index (κ1) is 28.9. The molecule has 0 bridgehead atoms. The van der Waals surface area contributed by atoms with Gasteiger partial charge in [0.25, 0.3) is 0 Å². The second-order valence-corrected chi connectivity index (χ2v) is 9.80. The molecular formula is C30H33N5O6. The summed E-state index contributed by atoms with van der Waals surface area (Å²) in [5.74, 6) is -0.566. The third-order valence-corrected chi connectivity index (χ3v) is 6.71. The highest BCUT2D eigenvalue weighted by Crippen LogP contribution is 2.27. The zero-order chi connectivity index (χ0) is 29.4. The number of hydrogen-bond acceptors (Lipinski definition) is 5. The van der Waals surface area contributed by atoms with Crippen LogP contribution in [0.2, 0.25) is 0 Å². The van der Waals surface area contributed by atoms with Gasteiger partial charge in [-0.1, -0.05) is 36.4 Å². The Kier molecular flexibility index (Phi) is 9.41. The number of benzene rings is 3. The highest BCUT2D eigenvalue weighted by atomic mass is 16.5. The monoisotopic (exact) mass is 559 g/mol. The van der Waals surface area contributed by atoms with E-state index in [1.807, 2.05) is 31.2 Å². The molecule has 4 rings (SSSR count). The Hall–Kier alpha value is -5.06. The SMILES string of the molecule is COc1cc(CC(=O)N2CCC(NC(=O)Nc3ccc(CC(=O)O)cc3)C2)ccc1NC(=O)Nc1ccccc1C. The number of rotatable bonds is 9. The van der Waals surface area contributed by atoms with E-state index in [0.29, 0.717) is 47.9 Å². The lowest BCUT2D eigenvalue weighted by Crippen LogP contribution is -2.40. The molecule has 5 amide bonds. The topological polar surface area (TPSA) is 149 Å². The molecule has 0 aliphatic carbocycles. The number of nitrogens with zero attached hydrogens (tertiary/aromatic N) is 1. The molecular weight excluding hydrogens is 526 g/mol. The van der Waals surface area contributed by atoms with Crippen LogP contribution in [0.15, 0.2) is 66.7 Å². The van der Waals surface area contributed by atoms with Crippen LogP contribution in [0.3, 0.4) is 0 Å². The molecule has 1 heterocycles. The van der Waals surface area contributed by atoms with Crippen molar-refractivity contribution in [3.63, 3.8) is 0 Å². The lowest BCUT2D eigenvalue weighted by Gasteiger charge is -2.18. The maximum absolute atomic E-state index is 13.0. The number of methoxy groups -OCH3 is 1. The van der Waals surface area contributed by atoms with Gasteiger partial charge in [0.15, 0.2) is 0 Å². The molecule has 5 N–H and O–H groups in total. The third kappa shape index (κ3) is 8.21. The molecule has 1 unspecified atom stereocenters. The number of aryl methyl sites for hydroxylation is 1. The summed E-state index contributed by atoms with van der Waals surface area (Å²) in [6, 6.07) is 18.2. The zero-order valence-corrected chi connectivity index (χ0v) is 22.9. The molecule has 1 fully saturated rings. The predicted molar refractivity (Wildman–Crippen MR) is 155 cm³/mol. The van der Waals surface area contributed by atoms with Crippen LogP contribution in [0, 0.1) is 6.92 Å². The van der Waals surface area contributed by atoms with E-state index in [1.165, 1.54) is 7.11 Å². The van der Waals surface area contributed by atoms with E-state index >= 15 is 0 Å². The summed E-state index contributed by atoms with van der Waals surface area (Å²) >= 11 is 0. The molecule has 11 heteroatoms. The summed E-state index contributed by atoms with van der Waals surface area (Å²) in [5.41, 5.74) is 4.03. The van der Waals surface area contributed by atoms with Gasteiger partial charge in [0.1, 0.15) is 5.75 Å². The maximum Gasteiger partial charge on any atom is 0.323 e. The average molecular weight is 560 g/mol. The number of amides is 5. The average Bonchev–Trinajstić information content (AvgIpc) is 3.40. The normalized spacial score (nSPS) is 14.2. The number of carboxylic acids is 1. The molecule has 0 aromatic heterocycles. The molecule has 1 aliphatic rings. The quantitative estimate of drug-likeness (QED) is 0.265. The lowest BCUT2D eigenvalue weighted by atomic mass is 10.1. The maximum atomic E-state index is 13.0. The Labute approximate surface area is 237 Å². The molecule has 214 valence electrons. The fourth-order valence-corrected chi connectivity index (χ4v) is 4.56. The Balaban J connectivity index is 1.26. The predicted octanol–water partition coefficient (Wildman–Crippen LogP) is 4.24. The number of nitrogens with one attached hydrogen (secondary N) is 4. The standard InChI is InChI=1S/C30H33N5O6/c1-19-5-3-4-6-24(19)33-30(40)34-25-12-9-21(15-26(25)41-2)16-27(36)35-14-13-23(18-35)32-29(39)31-22-10-7-20(8-11-22)17-28(37)38/h3-12,15,23H,13-14,16-18H2,1-2H3,(H,37,38)(H2,31,32,39)(H2,33,34,40). The van der Waals surface area contributed by atoms with Crippen LogP contribution in [-0.4, -0.2) is 60.2 Å². The Morgan fingerprint density at radius 1 is 0.878 bits per heavy atom.